The number of thiophene rings is 4. The van der Waals surface area contributed by atoms with Crippen LogP contribution in [0.15, 0.2) is 47.2 Å². The third-order valence-electron chi connectivity index (χ3n) is 17.5. The Morgan fingerprint density at radius 1 is 0.294 bits per heavy atom. The van der Waals surface area contributed by atoms with E-state index in [2.05, 4.69) is 74.9 Å². The number of hydrogen-bond donors (Lipinski definition) is 0. The van der Waals surface area contributed by atoms with Crippen molar-refractivity contribution in [2.45, 2.75) is 285 Å². The summed E-state index contributed by atoms with van der Waals surface area (Å²) < 4.78 is 42.7. The van der Waals surface area contributed by atoms with Crippen molar-refractivity contribution in [2.75, 3.05) is 26.4 Å². The Balaban J connectivity index is 1.03. The lowest BCUT2D eigenvalue weighted by atomic mass is 10.0. The Morgan fingerprint density at radius 2 is 0.553 bits per heavy atom. The number of aromatic nitrogens is 2. The maximum Gasteiger partial charge on any atom is 0.146 e. The Kier molecular flexibility index (Phi) is 31.4. The van der Waals surface area contributed by atoms with Gasteiger partial charge in [-0.1, -0.05) is 271 Å². The van der Waals surface area contributed by atoms with Crippen molar-refractivity contribution < 1.29 is 18.9 Å². The van der Waals surface area contributed by atoms with Gasteiger partial charge in [-0.3, -0.25) is 0 Å². The second-order valence-electron chi connectivity index (χ2n) is 24.6. The average Bonchev–Trinajstić information content (AvgIpc) is 1.81. The lowest BCUT2D eigenvalue weighted by Crippen LogP contribution is -2.00. The number of nitrogens with zero attached hydrogens (tertiary/aromatic N) is 2. The van der Waals surface area contributed by atoms with Crippen molar-refractivity contribution in [3.05, 3.63) is 47.2 Å². The van der Waals surface area contributed by atoms with Crippen LogP contribution < -0.4 is 18.9 Å². The summed E-state index contributed by atoms with van der Waals surface area (Å²) in [7, 11) is 0. The fourth-order valence-electron chi connectivity index (χ4n) is 12.4. The molecule has 0 saturated carbocycles. The normalized spacial score (nSPS) is 12.0. The number of rotatable bonds is 50. The first-order valence-corrected chi connectivity index (χ1v) is 39.0. The predicted molar refractivity (Wildman–Crippen MR) is 379 cm³/mol. The van der Waals surface area contributed by atoms with Crippen molar-refractivity contribution >= 4 is 108 Å². The highest BCUT2D eigenvalue weighted by atomic mass is 32.1. The van der Waals surface area contributed by atoms with Gasteiger partial charge in [0, 0.05) is 42.4 Å². The number of unbranched alkanes of at least 4 members (excludes halogenated alkanes) is 36. The third kappa shape index (κ3) is 20.5. The zero-order valence-electron chi connectivity index (χ0n) is 53.3. The summed E-state index contributed by atoms with van der Waals surface area (Å²) in [6.45, 7) is 12.1. The maximum absolute atomic E-state index is 6.94. The molecule has 3 aromatic carbocycles. The molecular weight excluding hydrogens is 1140 g/mol. The summed E-state index contributed by atoms with van der Waals surface area (Å²) in [5.74, 6) is 4.04. The highest BCUT2D eigenvalue weighted by Gasteiger charge is 2.26. The van der Waals surface area contributed by atoms with Crippen LogP contribution in [0.4, 0.5) is 0 Å². The van der Waals surface area contributed by atoms with Gasteiger partial charge in [-0.15, -0.1) is 45.3 Å². The van der Waals surface area contributed by atoms with Crippen LogP contribution in [0, 0.1) is 0 Å². The highest BCUT2D eigenvalue weighted by Crippen LogP contribution is 2.54. The van der Waals surface area contributed by atoms with E-state index in [-0.39, 0.29) is 0 Å². The van der Waals surface area contributed by atoms with Crippen molar-refractivity contribution in [3.63, 3.8) is 0 Å². The van der Waals surface area contributed by atoms with E-state index in [1.807, 2.05) is 22.7 Å². The van der Waals surface area contributed by atoms with Crippen LogP contribution in [0.25, 0.3) is 72.3 Å². The van der Waals surface area contributed by atoms with E-state index in [0.717, 1.165) is 108 Å². The largest absolute Gasteiger partial charge is 0.491 e. The molecule has 11 heteroatoms. The van der Waals surface area contributed by atoms with Crippen LogP contribution in [0.5, 0.6) is 23.0 Å². The molecule has 8 rings (SSSR count). The molecule has 468 valence electrons. The minimum absolute atomic E-state index is 0.725. The molecule has 0 amide bonds. The molecule has 0 aliphatic carbocycles. The molecule has 6 nitrogen and oxygen atoms in total. The Labute approximate surface area is 534 Å². The molecule has 0 atom stereocenters. The minimum Gasteiger partial charge on any atom is -0.491 e. The van der Waals surface area contributed by atoms with Crippen LogP contribution in [-0.2, 0) is 0 Å². The smallest absolute Gasteiger partial charge is 0.146 e. The lowest BCUT2D eigenvalue weighted by Gasteiger charge is -2.14. The molecule has 0 fully saturated rings. The minimum atomic E-state index is 0.725. The van der Waals surface area contributed by atoms with Crippen molar-refractivity contribution in [1.29, 1.82) is 0 Å². The van der Waals surface area contributed by atoms with Crippen molar-refractivity contribution in [3.8, 4) is 43.9 Å². The summed E-state index contributed by atoms with van der Waals surface area (Å²) in [6.07, 6.45) is 52.3. The Bertz CT molecular complexity index is 2730. The van der Waals surface area contributed by atoms with Gasteiger partial charge in [0.05, 0.1) is 57.0 Å². The highest BCUT2D eigenvalue weighted by molar-refractivity contribution is 7.24. The van der Waals surface area contributed by atoms with Gasteiger partial charge in [0.25, 0.3) is 0 Å². The van der Waals surface area contributed by atoms with E-state index in [0.29, 0.717) is 0 Å². The van der Waals surface area contributed by atoms with E-state index in [1.54, 1.807) is 22.7 Å². The zero-order valence-corrected chi connectivity index (χ0v) is 57.4. The monoisotopic (exact) mass is 1250 g/mol. The molecule has 5 heterocycles. The molecule has 0 aliphatic heterocycles. The molecule has 8 aromatic rings. The fraction of sp³-hybridized carbons (Fsp3) is 0.649. The van der Waals surface area contributed by atoms with Gasteiger partial charge in [-0.05, 0) is 60.7 Å². The van der Waals surface area contributed by atoms with Gasteiger partial charge in [0.1, 0.15) is 34.0 Å². The second-order valence-corrected chi connectivity index (χ2v) is 29.1. The van der Waals surface area contributed by atoms with Crippen molar-refractivity contribution in [2.24, 2.45) is 0 Å². The van der Waals surface area contributed by atoms with Crippen LogP contribution in [0.1, 0.15) is 285 Å². The van der Waals surface area contributed by atoms with Gasteiger partial charge < -0.3 is 18.9 Å². The van der Waals surface area contributed by atoms with Crippen LogP contribution in [0.2, 0.25) is 0 Å². The number of benzene rings is 3. The van der Waals surface area contributed by atoms with Gasteiger partial charge in [-0.25, -0.2) is 0 Å². The van der Waals surface area contributed by atoms with Gasteiger partial charge in [0.2, 0.25) is 0 Å². The summed E-state index contributed by atoms with van der Waals surface area (Å²) in [5.41, 5.74) is 4.12. The first-order chi connectivity index (χ1) is 42.2. The zero-order chi connectivity index (χ0) is 58.9. The SMILES string of the molecule is CCCCCCCCCCCCOc1c2cc(-c3ccc(-c4cc5c(OCCCCCCCCCCCC)c6sccc6c(OCCCCCCCCCCCC)c5s4)c4nsnc34)sc2c(OCCCCCCCCCCCC)c2ccsc12. The van der Waals surface area contributed by atoms with Gasteiger partial charge >= 0.3 is 0 Å². The topological polar surface area (TPSA) is 62.7 Å². The van der Waals surface area contributed by atoms with Crippen LogP contribution >= 0.6 is 57.1 Å². The van der Waals surface area contributed by atoms with Gasteiger partial charge in [-0.2, -0.15) is 8.75 Å². The summed E-state index contributed by atoms with van der Waals surface area (Å²) in [6, 6.07) is 13.9. The summed E-state index contributed by atoms with van der Waals surface area (Å²) in [5, 5.41) is 9.10. The molecule has 0 N–H and O–H groups in total. The Morgan fingerprint density at radius 3 is 0.835 bits per heavy atom. The molecular formula is C74H108N2O4S5. The van der Waals surface area contributed by atoms with E-state index >= 15 is 0 Å². The molecule has 5 aromatic heterocycles. The van der Waals surface area contributed by atoms with E-state index in [1.165, 1.54) is 282 Å². The molecule has 0 unspecified atom stereocenters. The first kappa shape index (κ1) is 67.5. The predicted octanol–water partition coefficient (Wildman–Crippen LogP) is 27.1. The number of hydrogen-bond acceptors (Lipinski definition) is 11. The standard InChI is InChI=1S/C74H108N2O4S5/c1-5-9-13-17-21-25-29-33-37-41-49-77-67-59-47-53-81-71(59)69(79-51-43-39-35-31-27-23-19-15-11-7-3)61-55-63(83-73(61)67)57-45-46-58(66-65(57)75-85-76-66)64-56-62-70(80-52-44-40-36-32-28-24-20-16-12-8-4)72-60(48-54-82-72)68(74(62)84-64)78-50-42-38-34-30-26-22-18-14-10-6-2/h45-48,53-56H,5-44,49-52H2,1-4H3. The molecule has 85 heavy (non-hydrogen) atoms. The molecule has 0 aliphatic rings. The summed E-state index contributed by atoms with van der Waals surface area (Å²) in [4.78, 5) is 2.35. The molecule has 0 radical (unpaired) electrons. The molecule has 0 spiro atoms. The van der Waals surface area contributed by atoms with Crippen LogP contribution in [0.3, 0.4) is 0 Å². The van der Waals surface area contributed by atoms with Crippen molar-refractivity contribution in [1.82, 2.24) is 8.75 Å². The second kappa shape index (κ2) is 39.5. The maximum atomic E-state index is 6.94. The summed E-state index contributed by atoms with van der Waals surface area (Å²) >= 11 is 8.53. The van der Waals surface area contributed by atoms with E-state index < -0.39 is 0 Å². The van der Waals surface area contributed by atoms with E-state index in [4.69, 9.17) is 27.7 Å². The fourth-order valence-corrected chi connectivity index (χ4v) is 17.2. The Hall–Kier alpha value is -3.48. The lowest BCUT2D eigenvalue weighted by molar-refractivity contribution is 0.307. The molecule has 0 bridgehead atoms. The third-order valence-corrected chi connectivity index (χ3v) is 22.2. The van der Waals surface area contributed by atoms with Gasteiger partial charge in [0.15, 0.2) is 0 Å². The quantitative estimate of drug-likeness (QED) is 0.0354. The molecule has 0 saturated heterocycles. The number of ether oxygens (including phenoxy) is 4. The van der Waals surface area contributed by atoms with Crippen LogP contribution in [-0.4, -0.2) is 35.2 Å². The number of fused-ring (bicyclic) bond motifs is 5. The average molecular weight is 1250 g/mol. The van der Waals surface area contributed by atoms with E-state index in [9.17, 15) is 0 Å². The first-order valence-electron chi connectivity index (χ1n) is 34.9.